The number of aromatic nitrogens is 2. The number of hydrazone groups is 1. The van der Waals surface area contributed by atoms with Crippen molar-refractivity contribution in [3.63, 3.8) is 0 Å². The predicted molar refractivity (Wildman–Crippen MR) is 138 cm³/mol. The molecule has 192 valence electrons. The Balaban J connectivity index is 1.44. The molecule has 1 N–H and O–H groups in total. The fourth-order valence-corrected chi connectivity index (χ4v) is 3.85. The molecule has 37 heavy (non-hydrogen) atoms. The lowest BCUT2D eigenvalue weighted by Gasteiger charge is -2.29. The molecule has 4 rings (SSSR count). The second kappa shape index (κ2) is 11.7. The number of hydrogen-bond donors (Lipinski definition) is 1. The van der Waals surface area contributed by atoms with E-state index in [1.54, 1.807) is 32.4 Å². The molecule has 1 atom stereocenters. The fraction of sp³-hybridized carbons (Fsp3) is 0.269. The number of benzene rings is 2. The van der Waals surface area contributed by atoms with E-state index in [9.17, 15) is 9.59 Å². The lowest BCUT2D eigenvalue weighted by atomic mass is 10.0. The number of cyclic esters (lactones) is 1. The summed E-state index contributed by atoms with van der Waals surface area (Å²) in [5.74, 6) is 0.775. The predicted octanol–water partition coefficient (Wildman–Crippen LogP) is 4.58. The average molecular weight is 524 g/mol. The second-order valence-electron chi connectivity index (χ2n) is 8.10. The summed E-state index contributed by atoms with van der Waals surface area (Å²) in [5.41, 5.74) is 3.14. The highest BCUT2D eigenvalue weighted by Crippen LogP contribution is 2.30. The molecule has 2 heterocycles. The van der Waals surface area contributed by atoms with Gasteiger partial charge >= 0.3 is 6.09 Å². The Hall–Kier alpha value is -4.18. The Morgan fingerprint density at radius 2 is 1.81 bits per heavy atom. The molecule has 0 saturated heterocycles. The Morgan fingerprint density at radius 3 is 2.46 bits per heavy atom. The number of nitrogens with zero attached hydrogens (tertiary/aromatic N) is 4. The van der Waals surface area contributed by atoms with Crippen LogP contribution in [0.2, 0.25) is 5.15 Å². The third-order valence-electron chi connectivity index (χ3n) is 5.73. The number of methoxy groups -OCH3 is 2. The van der Waals surface area contributed by atoms with Gasteiger partial charge in [-0.25, -0.2) is 4.79 Å². The Morgan fingerprint density at radius 1 is 1.05 bits per heavy atom. The second-order valence-corrected chi connectivity index (χ2v) is 8.49. The molecule has 0 aliphatic carbocycles. The summed E-state index contributed by atoms with van der Waals surface area (Å²) in [6, 6.07) is 15.8. The molecule has 0 saturated carbocycles. The molecule has 1 aliphatic rings. The molecule has 0 spiro atoms. The van der Waals surface area contributed by atoms with E-state index >= 15 is 0 Å². The van der Waals surface area contributed by atoms with Crippen LogP contribution in [-0.4, -0.2) is 59.8 Å². The van der Waals surface area contributed by atoms with Gasteiger partial charge < -0.3 is 19.5 Å². The van der Waals surface area contributed by atoms with Gasteiger partial charge in [-0.15, -0.1) is 10.2 Å². The summed E-state index contributed by atoms with van der Waals surface area (Å²) < 4.78 is 16.4. The van der Waals surface area contributed by atoms with Crippen molar-refractivity contribution in [2.45, 2.75) is 25.9 Å². The Kier molecular flexibility index (Phi) is 8.19. The Labute approximate surface area is 219 Å². The van der Waals surface area contributed by atoms with E-state index < -0.39 is 18.1 Å². The first-order valence-corrected chi connectivity index (χ1v) is 12.0. The molecular formula is C26H26ClN5O5. The third kappa shape index (κ3) is 6.15. The first-order chi connectivity index (χ1) is 17.9. The molecule has 2 amide bonds. The van der Waals surface area contributed by atoms with Crippen LogP contribution in [0.25, 0.3) is 0 Å². The summed E-state index contributed by atoms with van der Waals surface area (Å²) in [6.07, 6.45) is 0.159. The van der Waals surface area contributed by atoms with Crippen LogP contribution in [0, 0.1) is 0 Å². The molecule has 1 unspecified atom stereocenters. The molecule has 2 aromatic carbocycles. The van der Waals surface area contributed by atoms with Crippen molar-refractivity contribution in [1.29, 1.82) is 0 Å². The lowest BCUT2D eigenvalue weighted by Crippen LogP contribution is -2.42. The highest BCUT2D eigenvalue weighted by Gasteiger charge is 2.31. The van der Waals surface area contributed by atoms with Crippen molar-refractivity contribution in [2.24, 2.45) is 5.10 Å². The fourth-order valence-electron chi connectivity index (χ4n) is 3.75. The minimum absolute atomic E-state index is 0.158. The molecule has 0 radical (unpaired) electrons. The number of carbonyl (C=O) groups is 2. The average Bonchev–Trinajstić information content (AvgIpc) is 2.92. The number of carbonyl (C=O) groups excluding carboxylic acids is 2. The molecular weight excluding hydrogens is 498 g/mol. The molecule has 1 aliphatic heterocycles. The van der Waals surface area contributed by atoms with Crippen molar-refractivity contribution < 1.29 is 23.8 Å². The molecule has 0 fully saturated rings. The van der Waals surface area contributed by atoms with E-state index in [2.05, 4.69) is 20.6 Å². The van der Waals surface area contributed by atoms with Crippen LogP contribution >= 0.6 is 11.6 Å². The van der Waals surface area contributed by atoms with Crippen LogP contribution in [0.15, 0.2) is 59.7 Å². The topological polar surface area (TPSA) is 115 Å². The standard InChI is InChI=1S/C26H26ClN5O5/c1-4-20-24(17-7-11-21(35-2)22(15-17)36-3)31-32(26(34)37-20)14-13-16-5-8-18(9-6-16)28-25(33)19-10-12-23(27)30-29-19/h5-12,15,20H,4,13-14H2,1-3H3,(H,28,33). The molecule has 10 nitrogen and oxygen atoms in total. The number of anilines is 1. The van der Waals surface area contributed by atoms with Gasteiger partial charge in [0, 0.05) is 11.3 Å². The number of halogens is 1. The zero-order valence-electron chi connectivity index (χ0n) is 20.6. The zero-order chi connectivity index (χ0) is 26.4. The van der Waals surface area contributed by atoms with Crippen LogP contribution in [0.5, 0.6) is 11.5 Å². The molecule has 11 heteroatoms. The van der Waals surface area contributed by atoms with Crippen molar-refractivity contribution in [2.75, 3.05) is 26.1 Å². The number of ether oxygens (including phenoxy) is 3. The van der Waals surface area contributed by atoms with Gasteiger partial charge in [0.05, 0.1) is 20.8 Å². The van der Waals surface area contributed by atoms with Crippen molar-refractivity contribution in [1.82, 2.24) is 15.2 Å². The largest absolute Gasteiger partial charge is 0.493 e. The molecule has 1 aromatic heterocycles. The van der Waals surface area contributed by atoms with Gasteiger partial charge in [-0.2, -0.15) is 10.1 Å². The van der Waals surface area contributed by atoms with E-state index in [0.29, 0.717) is 42.3 Å². The zero-order valence-corrected chi connectivity index (χ0v) is 21.4. The lowest BCUT2D eigenvalue weighted by molar-refractivity contribution is 0.0741. The highest BCUT2D eigenvalue weighted by molar-refractivity contribution is 6.29. The number of rotatable bonds is 9. The summed E-state index contributed by atoms with van der Waals surface area (Å²) >= 11 is 5.71. The third-order valence-corrected chi connectivity index (χ3v) is 5.93. The summed E-state index contributed by atoms with van der Waals surface area (Å²) in [6.45, 7) is 2.25. The van der Waals surface area contributed by atoms with E-state index in [4.69, 9.17) is 25.8 Å². The monoisotopic (exact) mass is 523 g/mol. The van der Waals surface area contributed by atoms with Crippen LogP contribution < -0.4 is 14.8 Å². The van der Waals surface area contributed by atoms with Gasteiger partial charge in [0.15, 0.2) is 22.3 Å². The van der Waals surface area contributed by atoms with Gasteiger partial charge in [-0.1, -0.05) is 30.7 Å². The number of amides is 2. The van der Waals surface area contributed by atoms with Gasteiger partial charge in [0.25, 0.3) is 5.91 Å². The minimum Gasteiger partial charge on any atom is -0.493 e. The van der Waals surface area contributed by atoms with E-state index in [0.717, 1.165) is 11.1 Å². The van der Waals surface area contributed by atoms with E-state index in [1.807, 2.05) is 31.2 Å². The molecule has 0 bridgehead atoms. The Bertz CT molecular complexity index is 1300. The van der Waals surface area contributed by atoms with E-state index in [1.165, 1.54) is 17.1 Å². The maximum atomic E-state index is 12.6. The van der Waals surface area contributed by atoms with Gasteiger partial charge in [-0.3, -0.25) is 4.79 Å². The summed E-state index contributed by atoms with van der Waals surface area (Å²) in [5, 5.41) is 16.4. The van der Waals surface area contributed by atoms with Crippen LogP contribution in [-0.2, 0) is 11.2 Å². The summed E-state index contributed by atoms with van der Waals surface area (Å²) in [4.78, 5) is 24.9. The van der Waals surface area contributed by atoms with Gasteiger partial charge in [0.2, 0.25) is 0 Å². The van der Waals surface area contributed by atoms with Gasteiger partial charge in [-0.05, 0) is 60.9 Å². The minimum atomic E-state index is -0.496. The first kappa shape index (κ1) is 25.9. The van der Waals surface area contributed by atoms with E-state index in [-0.39, 0.29) is 10.8 Å². The van der Waals surface area contributed by atoms with Crippen molar-refractivity contribution >= 4 is 35.0 Å². The van der Waals surface area contributed by atoms with Crippen molar-refractivity contribution in [3.8, 4) is 11.5 Å². The van der Waals surface area contributed by atoms with Gasteiger partial charge in [0.1, 0.15) is 11.8 Å². The summed E-state index contributed by atoms with van der Waals surface area (Å²) in [7, 11) is 3.14. The van der Waals surface area contributed by atoms with Crippen LogP contribution in [0.1, 0.15) is 35.0 Å². The normalized spacial score (nSPS) is 15.0. The smallest absolute Gasteiger partial charge is 0.431 e. The van der Waals surface area contributed by atoms with Crippen LogP contribution in [0.3, 0.4) is 0 Å². The SMILES string of the molecule is CCC1OC(=O)N(CCc2ccc(NC(=O)c3ccc(Cl)nn3)cc2)N=C1c1ccc(OC)c(OC)c1. The highest BCUT2D eigenvalue weighted by atomic mass is 35.5. The maximum Gasteiger partial charge on any atom is 0.431 e. The number of nitrogens with one attached hydrogen (secondary N) is 1. The maximum absolute atomic E-state index is 12.6. The quantitative estimate of drug-likeness (QED) is 0.436. The number of hydrogen-bond acceptors (Lipinski definition) is 8. The van der Waals surface area contributed by atoms with Crippen LogP contribution in [0.4, 0.5) is 10.5 Å². The molecule has 3 aromatic rings. The first-order valence-electron chi connectivity index (χ1n) is 11.6. The van der Waals surface area contributed by atoms with Crippen molar-refractivity contribution in [3.05, 3.63) is 76.6 Å².